The van der Waals surface area contributed by atoms with Crippen LogP contribution in [0.25, 0.3) is 0 Å². The van der Waals surface area contributed by atoms with Gasteiger partial charge in [0, 0.05) is 13.1 Å². The van der Waals surface area contributed by atoms with E-state index in [1.807, 2.05) is 0 Å². The average molecular weight is 200 g/mol. The highest BCUT2D eigenvalue weighted by molar-refractivity contribution is 5.72. The van der Waals surface area contributed by atoms with Gasteiger partial charge in [-0.3, -0.25) is 4.79 Å². The second-order valence-electron chi connectivity index (χ2n) is 3.92. The molecule has 0 bridgehead atoms. The first-order valence-corrected chi connectivity index (χ1v) is 5.38. The number of hydrogen-bond donors (Lipinski definition) is 2. The molecule has 0 spiro atoms. The molecule has 0 aliphatic carbocycles. The van der Waals surface area contributed by atoms with Crippen LogP contribution in [0.3, 0.4) is 0 Å². The third-order valence-corrected chi connectivity index (χ3v) is 2.70. The van der Waals surface area contributed by atoms with E-state index < -0.39 is 12.0 Å². The van der Waals surface area contributed by atoms with Crippen molar-refractivity contribution in [3.63, 3.8) is 0 Å². The minimum atomic E-state index is -0.774. The van der Waals surface area contributed by atoms with Gasteiger partial charge in [0.25, 0.3) is 0 Å². The summed E-state index contributed by atoms with van der Waals surface area (Å²) in [5.74, 6) is -0.774. The number of nitrogens with one attached hydrogen (secondary N) is 1. The third kappa shape index (κ3) is 4.07. The van der Waals surface area contributed by atoms with Crippen molar-refractivity contribution >= 4 is 5.97 Å². The maximum absolute atomic E-state index is 10.5. The standard InChI is InChI=1S/C10H20N2O2/c1-9(10(13)14)11-5-8-12-6-3-2-4-7-12/h9,11H,2-8H2,1H3,(H,13,14)/t9-/m0/s1. The lowest BCUT2D eigenvalue weighted by Crippen LogP contribution is -2.41. The van der Waals surface area contributed by atoms with Crippen LogP contribution >= 0.6 is 0 Å². The monoisotopic (exact) mass is 200 g/mol. The number of likely N-dealkylation sites (tertiary alicyclic amines) is 1. The minimum absolute atomic E-state index is 0.431. The Bertz CT molecular complexity index is 179. The molecule has 1 rings (SSSR count). The summed E-state index contributed by atoms with van der Waals surface area (Å²) in [5.41, 5.74) is 0. The van der Waals surface area contributed by atoms with E-state index in [9.17, 15) is 4.79 Å². The smallest absolute Gasteiger partial charge is 0.320 e. The van der Waals surface area contributed by atoms with Crippen LogP contribution in [0.5, 0.6) is 0 Å². The van der Waals surface area contributed by atoms with Crippen molar-refractivity contribution in [2.45, 2.75) is 32.2 Å². The Morgan fingerprint density at radius 3 is 2.64 bits per heavy atom. The fourth-order valence-electron chi connectivity index (χ4n) is 1.71. The summed E-state index contributed by atoms with van der Waals surface area (Å²) in [4.78, 5) is 12.9. The van der Waals surface area contributed by atoms with Crippen LogP contribution in [-0.4, -0.2) is 48.2 Å². The van der Waals surface area contributed by atoms with E-state index in [1.165, 1.54) is 32.4 Å². The number of aliphatic carboxylic acids is 1. The highest BCUT2D eigenvalue weighted by Gasteiger charge is 2.12. The van der Waals surface area contributed by atoms with Crippen molar-refractivity contribution in [1.82, 2.24) is 10.2 Å². The van der Waals surface area contributed by atoms with Gasteiger partial charge in [-0.05, 0) is 32.9 Å². The number of piperidine rings is 1. The van der Waals surface area contributed by atoms with Gasteiger partial charge in [0.2, 0.25) is 0 Å². The number of carboxylic acid groups (broad SMARTS) is 1. The second kappa shape index (κ2) is 5.98. The van der Waals surface area contributed by atoms with Gasteiger partial charge in [0.1, 0.15) is 6.04 Å². The number of nitrogens with zero attached hydrogens (tertiary/aromatic N) is 1. The van der Waals surface area contributed by atoms with Gasteiger partial charge < -0.3 is 15.3 Å². The number of hydrogen-bond acceptors (Lipinski definition) is 3. The van der Waals surface area contributed by atoms with E-state index in [1.54, 1.807) is 6.92 Å². The lowest BCUT2D eigenvalue weighted by atomic mass is 10.1. The quantitative estimate of drug-likeness (QED) is 0.680. The first kappa shape index (κ1) is 11.5. The zero-order chi connectivity index (χ0) is 10.4. The maximum atomic E-state index is 10.5. The molecule has 1 heterocycles. The molecule has 0 aromatic rings. The molecule has 1 aliphatic heterocycles. The Labute approximate surface area is 85.3 Å². The van der Waals surface area contributed by atoms with Crippen LogP contribution in [0.15, 0.2) is 0 Å². The molecular formula is C10H20N2O2. The van der Waals surface area contributed by atoms with E-state index in [4.69, 9.17) is 5.11 Å². The molecule has 1 saturated heterocycles. The van der Waals surface area contributed by atoms with Gasteiger partial charge in [-0.1, -0.05) is 6.42 Å². The Hall–Kier alpha value is -0.610. The van der Waals surface area contributed by atoms with E-state index in [0.29, 0.717) is 0 Å². The van der Waals surface area contributed by atoms with Crippen molar-refractivity contribution < 1.29 is 9.90 Å². The molecular weight excluding hydrogens is 180 g/mol. The van der Waals surface area contributed by atoms with Gasteiger partial charge in [-0.25, -0.2) is 0 Å². The third-order valence-electron chi connectivity index (χ3n) is 2.70. The van der Waals surface area contributed by atoms with Crippen LogP contribution in [0.4, 0.5) is 0 Å². The second-order valence-corrected chi connectivity index (χ2v) is 3.92. The molecule has 0 radical (unpaired) electrons. The summed E-state index contributed by atoms with van der Waals surface area (Å²) in [6, 6.07) is -0.431. The molecule has 0 aromatic heterocycles. The molecule has 1 atom stereocenters. The molecule has 0 aromatic carbocycles. The first-order chi connectivity index (χ1) is 6.70. The maximum Gasteiger partial charge on any atom is 0.320 e. The Morgan fingerprint density at radius 2 is 2.07 bits per heavy atom. The van der Waals surface area contributed by atoms with E-state index in [2.05, 4.69) is 10.2 Å². The van der Waals surface area contributed by atoms with Crippen molar-refractivity contribution in [2.75, 3.05) is 26.2 Å². The van der Waals surface area contributed by atoms with Crippen LogP contribution in [0, 0.1) is 0 Å². The lowest BCUT2D eigenvalue weighted by molar-refractivity contribution is -0.139. The fourth-order valence-corrected chi connectivity index (χ4v) is 1.71. The number of rotatable bonds is 5. The Kier molecular flexibility index (Phi) is 4.90. The van der Waals surface area contributed by atoms with Gasteiger partial charge in [0.15, 0.2) is 0 Å². The highest BCUT2D eigenvalue weighted by atomic mass is 16.4. The molecule has 1 aliphatic rings. The summed E-state index contributed by atoms with van der Waals surface area (Å²) in [7, 11) is 0. The first-order valence-electron chi connectivity index (χ1n) is 5.38. The molecule has 2 N–H and O–H groups in total. The predicted octanol–water partition coefficient (Wildman–Crippen LogP) is 0.535. The average Bonchev–Trinajstić information content (AvgIpc) is 2.19. The van der Waals surface area contributed by atoms with Crippen molar-refractivity contribution in [1.29, 1.82) is 0 Å². The van der Waals surface area contributed by atoms with E-state index in [-0.39, 0.29) is 0 Å². The zero-order valence-corrected chi connectivity index (χ0v) is 8.83. The minimum Gasteiger partial charge on any atom is -0.480 e. The number of carbonyl (C=O) groups is 1. The van der Waals surface area contributed by atoms with Crippen LogP contribution in [-0.2, 0) is 4.79 Å². The van der Waals surface area contributed by atoms with Crippen molar-refractivity contribution in [3.8, 4) is 0 Å². The molecule has 82 valence electrons. The Balaban J connectivity index is 2.05. The van der Waals surface area contributed by atoms with Gasteiger partial charge in [-0.15, -0.1) is 0 Å². The van der Waals surface area contributed by atoms with Gasteiger partial charge in [0.05, 0.1) is 0 Å². The summed E-state index contributed by atoms with van der Waals surface area (Å²) in [6.07, 6.45) is 3.92. The highest BCUT2D eigenvalue weighted by Crippen LogP contribution is 2.07. The molecule has 4 heteroatoms. The summed E-state index contributed by atoms with van der Waals surface area (Å²) in [5, 5.41) is 11.6. The molecule has 0 saturated carbocycles. The summed E-state index contributed by atoms with van der Waals surface area (Å²) >= 11 is 0. The summed E-state index contributed by atoms with van der Waals surface area (Å²) in [6.45, 7) is 5.76. The van der Waals surface area contributed by atoms with Crippen LogP contribution < -0.4 is 5.32 Å². The van der Waals surface area contributed by atoms with E-state index >= 15 is 0 Å². The van der Waals surface area contributed by atoms with Gasteiger partial charge >= 0.3 is 5.97 Å². The topological polar surface area (TPSA) is 52.6 Å². The van der Waals surface area contributed by atoms with E-state index in [0.717, 1.165) is 13.1 Å². The number of carboxylic acids is 1. The molecule has 14 heavy (non-hydrogen) atoms. The largest absolute Gasteiger partial charge is 0.480 e. The normalized spacial score (nSPS) is 20.6. The Morgan fingerprint density at radius 1 is 1.43 bits per heavy atom. The van der Waals surface area contributed by atoms with Crippen LogP contribution in [0.2, 0.25) is 0 Å². The van der Waals surface area contributed by atoms with Gasteiger partial charge in [-0.2, -0.15) is 0 Å². The van der Waals surface area contributed by atoms with Crippen LogP contribution in [0.1, 0.15) is 26.2 Å². The molecule has 0 unspecified atom stereocenters. The van der Waals surface area contributed by atoms with Crippen molar-refractivity contribution in [2.24, 2.45) is 0 Å². The summed E-state index contributed by atoms with van der Waals surface area (Å²) < 4.78 is 0. The molecule has 1 fully saturated rings. The molecule has 0 amide bonds. The lowest BCUT2D eigenvalue weighted by Gasteiger charge is -2.26. The zero-order valence-electron chi connectivity index (χ0n) is 8.83. The van der Waals surface area contributed by atoms with Crippen molar-refractivity contribution in [3.05, 3.63) is 0 Å². The molecule has 4 nitrogen and oxygen atoms in total. The SMILES string of the molecule is C[C@H](NCCN1CCCCC1)C(=O)O. The fraction of sp³-hybridized carbons (Fsp3) is 0.900. The predicted molar refractivity (Wildman–Crippen MR) is 55.4 cm³/mol.